The van der Waals surface area contributed by atoms with E-state index in [0.29, 0.717) is 5.54 Å². The topological polar surface area (TPSA) is 12.0 Å². The maximum absolute atomic E-state index is 3.51. The summed E-state index contributed by atoms with van der Waals surface area (Å²) in [6.07, 6.45) is 5.28. The summed E-state index contributed by atoms with van der Waals surface area (Å²) in [5.74, 6) is 0.796. The molecule has 1 fully saturated rings. The molecule has 0 amide bonds. The van der Waals surface area contributed by atoms with Crippen molar-refractivity contribution >= 4 is 12.4 Å². The van der Waals surface area contributed by atoms with Crippen molar-refractivity contribution in [2.45, 2.75) is 38.1 Å². The molecule has 2 rings (SSSR count). The first kappa shape index (κ1) is 13.5. The van der Waals surface area contributed by atoms with Crippen molar-refractivity contribution in [3.05, 3.63) is 35.9 Å². The monoisotopic (exact) mass is 239 g/mol. The van der Waals surface area contributed by atoms with Crippen LogP contribution in [0.5, 0.6) is 0 Å². The van der Waals surface area contributed by atoms with Gasteiger partial charge >= 0.3 is 0 Å². The van der Waals surface area contributed by atoms with Crippen LogP contribution in [-0.2, 0) is 6.42 Å². The lowest BCUT2D eigenvalue weighted by Gasteiger charge is -2.31. The molecule has 0 heterocycles. The van der Waals surface area contributed by atoms with Gasteiger partial charge in [0.2, 0.25) is 0 Å². The van der Waals surface area contributed by atoms with Gasteiger partial charge in [-0.05, 0) is 44.7 Å². The minimum Gasteiger partial charge on any atom is -0.314 e. The summed E-state index contributed by atoms with van der Waals surface area (Å²) in [4.78, 5) is 0. The lowest BCUT2D eigenvalue weighted by atomic mass is 9.84. The number of hydrogen-bond donors (Lipinski definition) is 1. The van der Waals surface area contributed by atoms with E-state index in [9.17, 15) is 0 Å². The van der Waals surface area contributed by atoms with E-state index in [-0.39, 0.29) is 12.4 Å². The predicted molar refractivity (Wildman–Crippen MR) is 72.2 cm³/mol. The Balaban J connectivity index is 0.00000128. The Bertz CT molecular complexity index is 312. The van der Waals surface area contributed by atoms with Crippen LogP contribution in [0, 0.1) is 5.92 Å². The Morgan fingerprint density at radius 2 is 2.00 bits per heavy atom. The fourth-order valence-electron chi connectivity index (χ4n) is 2.79. The molecule has 0 radical (unpaired) electrons. The molecule has 0 aliphatic heterocycles. The van der Waals surface area contributed by atoms with Crippen LogP contribution < -0.4 is 5.32 Å². The molecule has 0 spiro atoms. The van der Waals surface area contributed by atoms with E-state index in [0.717, 1.165) is 5.92 Å². The highest BCUT2D eigenvalue weighted by molar-refractivity contribution is 5.85. The molecule has 1 aromatic rings. The maximum Gasteiger partial charge on any atom is 0.0181 e. The first-order valence-corrected chi connectivity index (χ1v) is 5.97. The smallest absolute Gasteiger partial charge is 0.0181 e. The highest BCUT2D eigenvalue weighted by Gasteiger charge is 2.36. The minimum absolute atomic E-state index is 0. The van der Waals surface area contributed by atoms with Crippen LogP contribution in [-0.4, -0.2) is 12.6 Å². The van der Waals surface area contributed by atoms with Crippen LogP contribution in [0.4, 0.5) is 0 Å². The van der Waals surface area contributed by atoms with Gasteiger partial charge in [-0.25, -0.2) is 0 Å². The number of hydrogen-bond acceptors (Lipinski definition) is 1. The molecular formula is C14H22ClN. The largest absolute Gasteiger partial charge is 0.314 e. The van der Waals surface area contributed by atoms with Crippen molar-refractivity contribution in [2.24, 2.45) is 5.92 Å². The Kier molecular flexibility index (Phi) is 4.82. The van der Waals surface area contributed by atoms with Crippen LogP contribution >= 0.6 is 12.4 Å². The van der Waals surface area contributed by atoms with Crippen molar-refractivity contribution in [3.8, 4) is 0 Å². The normalized spacial score (nSPS) is 28.8. The van der Waals surface area contributed by atoms with Gasteiger partial charge in [-0.1, -0.05) is 36.8 Å². The zero-order chi connectivity index (χ0) is 10.7. The Hall–Kier alpha value is -0.530. The van der Waals surface area contributed by atoms with Crippen LogP contribution in [0.3, 0.4) is 0 Å². The molecule has 16 heavy (non-hydrogen) atoms. The average Bonchev–Trinajstić information content (AvgIpc) is 2.63. The van der Waals surface area contributed by atoms with Crippen molar-refractivity contribution in [2.75, 3.05) is 7.05 Å². The Morgan fingerprint density at radius 1 is 1.31 bits per heavy atom. The molecule has 90 valence electrons. The predicted octanol–water partition coefficient (Wildman–Crippen LogP) is 3.43. The van der Waals surface area contributed by atoms with E-state index in [1.54, 1.807) is 0 Å². The van der Waals surface area contributed by atoms with E-state index in [1.165, 1.54) is 31.2 Å². The number of halogens is 1. The van der Waals surface area contributed by atoms with Gasteiger partial charge in [-0.2, -0.15) is 0 Å². The van der Waals surface area contributed by atoms with Gasteiger partial charge in [0, 0.05) is 5.54 Å². The molecule has 2 heteroatoms. The number of rotatable bonds is 3. The average molecular weight is 240 g/mol. The zero-order valence-corrected chi connectivity index (χ0v) is 11.0. The van der Waals surface area contributed by atoms with E-state index in [4.69, 9.17) is 0 Å². The van der Waals surface area contributed by atoms with Gasteiger partial charge in [0.25, 0.3) is 0 Å². The number of nitrogens with one attached hydrogen (secondary N) is 1. The lowest BCUT2D eigenvalue weighted by Crippen LogP contribution is -2.43. The maximum atomic E-state index is 3.51. The zero-order valence-electron chi connectivity index (χ0n) is 10.2. The molecule has 2 atom stereocenters. The molecule has 0 aromatic heterocycles. The highest BCUT2D eigenvalue weighted by atomic mass is 35.5. The minimum atomic E-state index is 0. The SMILES string of the molecule is CNC1(C)CCCC1Cc1ccccc1.Cl. The van der Waals surface area contributed by atoms with E-state index < -0.39 is 0 Å². The van der Waals surface area contributed by atoms with Gasteiger partial charge in [0.15, 0.2) is 0 Å². The third kappa shape index (κ3) is 2.78. The standard InChI is InChI=1S/C14H21N.ClH/c1-14(15-2)10-6-9-13(14)11-12-7-4-3-5-8-12;/h3-5,7-8,13,15H,6,9-11H2,1-2H3;1H. The van der Waals surface area contributed by atoms with Crippen LogP contribution in [0.25, 0.3) is 0 Å². The van der Waals surface area contributed by atoms with Gasteiger partial charge in [-0.15, -0.1) is 12.4 Å². The van der Waals surface area contributed by atoms with Crippen molar-refractivity contribution in [3.63, 3.8) is 0 Å². The summed E-state index contributed by atoms with van der Waals surface area (Å²) in [5.41, 5.74) is 1.83. The molecule has 1 saturated carbocycles. The summed E-state index contributed by atoms with van der Waals surface area (Å²) in [6.45, 7) is 2.37. The second-order valence-electron chi connectivity index (χ2n) is 4.95. The Morgan fingerprint density at radius 3 is 2.62 bits per heavy atom. The first-order chi connectivity index (χ1) is 7.24. The molecule has 0 saturated heterocycles. The second-order valence-corrected chi connectivity index (χ2v) is 4.95. The van der Waals surface area contributed by atoms with Crippen molar-refractivity contribution < 1.29 is 0 Å². The summed E-state index contributed by atoms with van der Waals surface area (Å²) >= 11 is 0. The van der Waals surface area contributed by atoms with Crippen molar-refractivity contribution in [1.82, 2.24) is 5.32 Å². The highest BCUT2D eigenvalue weighted by Crippen LogP contribution is 2.37. The molecule has 0 bridgehead atoms. The fraction of sp³-hybridized carbons (Fsp3) is 0.571. The third-order valence-corrected chi connectivity index (χ3v) is 4.05. The summed E-state index contributed by atoms with van der Waals surface area (Å²) < 4.78 is 0. The lowest BCUT2D eigenvalue weighted by molar-refractivity contribution is 0.286. The molecule has 2 unspecified atom stereocenters. The molecule has 1 nitrogen and oxygen atoms in total. The van der Waals surface area contributed by atoms with E-state index in [1.807, 2.05) is 0 Å². The quantitative estimate of drug-likeness (QED) is 0.852. The molecule has 1 aliphatic carbocycles. The van der Waals surface area contributed by atoms with Gasteiger partial charge < -0.3 is 5.32 Å². The molecular weight excluding hydrogens is 218 g/mol. The van der Waals surface area contributed by atoms with Crippen LogP contribution in [0.2, 0.25) is 0 Å². The van der Waals surface area contributed by atoms with Crippen LogP contribution in [0.15, 0.2) is 30.3 Å². The molecule has 1 aliphatic rings. The van der Waals surface area contributed by atoms with Crippen molar-refractivity contribution in [1.29, 1.82) is 0 Å². The Labute approximate surface area is 105 Å². The summed E-state index contributed by atoms with van der Waals surface area (Å²) in [7, 11) is 2.10. The van der Waals surface area contributed by atoms with Crippen LogP contribution in [0.1, 0.15) is 31.7 Å². The second kappa shape index (κ2) is 5.70. The summed E-state index contributed by atoms with van der Waals surface area (Å²) in [6, 6.07) is 10.9. The fourth-order valence-corrected chi connectivity index (χ4v) is 2.79. The summed E-state index contributed by atoms with van der Waals surface area (Å²) in [5, 5.41) is 3.51. The van der Waals surface area contributed by atoms with Gasteiger partial charge in [0.1, 0.15) is 0 Å². The van der Waals surface area contributed by atoms with Gasteiger partial charge in [-0.3, -0.25) is 0 Å². The van der Waals surface area contributed by atoms with E-state index >= 15 is 0 Å². The first-order valence-electron chi connectivity index (χ1n) is 5.97. The van der Waals surface area contributed by atoms with Gasteiger partial charge in [0.05, 0.1) is 0 Å². The third-order valence-electron chi connectivity index (χ3n) is 4.05. The molecule has 1 N–H and O–H groups in total. The number of benzene rings is 1. The molecule has 1 aromatic carbocycles. The van der Waals surface area contributed by atoms with E-state index in [2.05, 4.69) is 49.6 Å².